The number of carbonyl (C=O) groups is 1. The number of nitrogens with one attached hydrogen (secondary N) is 3. The smallest absolute Gasteiger partial charge is 0.226 e. The SMILES string of the molecule is CN=C(NCCC(=O)Nc1cccc(Cl)c1C)NC1CCN(c2ncccc2F)C1. The lowest BCUT2D eigenvalue weighted by molar-refractivity contribution is -0.116. The molecule has 160 valence electrons. The molecule has 3 rings (SSSR count). The van der Waals surface area contributed by atoms with Crippen molar-refractivity contribution in [2.24, 2.45) is 4.99 Å². The fourth-order valence-electron chi connectivity index (χ4n) is 3.32. The van der Waals surface area contributed by atoms with Gasteiger partial charge in [0.15, 0.2) is 17.6 Å². The van der Waals surface area contributed by atoms with Crippen LogP contribution in [0.15, 0.2) is 41.5 Å². The number of guanidine groups is 1. The van der Waals surface area contributed by atoms with E-state index < -0.39 is 0 Å². The molecule has 1 saturated heterocycles. The molecule has 3 N–H and O–H groups in total. The van der Waals surface area contributed by atoms with E-state index in [1.807, 2.05) is 17.9 Å². The lowest BCUT2D eigenvalue weighted by Gasteiger charge is -2.20. The third-order valence-corrected chi connectivity index (χ3v) is 5.39. The fraction of sp³-hybridized carbons (Fsp3) is 0.381. The van der Waals surface area contributed by atoms with E-state index in [1.54, 1.807) is 31.4 Å². The standard InChI is InChI=1S/C21H26ClFN6O/c1-14-16(22)5-3-7-18(14)28-19(30)8-11-26-21(24-2)27-15-9-12-29(13-15)20-17(23)6-4-10-25-20/h3-7,10,15H,8-9,11-13H2,1-2H3,(H,28,30)(H2,24,26,27). The van der Waals surface area contributed by atoms with Gasteiger partial charge in [0, 0.05) is 56.1 Å². The predicted octanol–water partition coefficient (Wildman–Crippen LogP) is 2.96. The predicted molar refractivity (Wildman–Crippen MR) is 119 cm³/mol. The number of hydrogen-bond donors (Lipinski definition) is 3. The second-order valence-electron chi connectivity index (χ2n) is 7.09. The molecule has 0 spiro atoms. The number of benzene rings is 1. The molecule has 1 unspecified atom stereocenters. The van der Waals surface area contributed by atoms with Crippen molar-refractivity contribution in [3.05, 3.63) is 52.9 Å². The Bertz CT molecular complexity index is 922. The number of carbonyl (C=O) groups excluding carboxylic acids is 1. The summed E-state index contributed by atoms with van der Waals surface area (Å²) in [5.74, 6) is 0.551. The molecule has 0 radical (unpaired) electrons. The Morgan fingerprint density at radius 2 is 2.20 bits per heavy atom. The van der Waals surface area contributed by atoms with Gasteiger partial charge in [-0.05, 0) is 43.2 Å². The molecule has 0 saturated carbocycles. The lowest BCUT2D eigenvalue weighted by Crippen LogP contribution is -2.45. The number of pyridine rings is 1. The average Bonchev–Trinajstić information content (AvgIpc) is 3.19. The molecular weight excluding hydrogens is 407 g/mol. The first-order valence-corrected chi connectivity index (χ1v) is 10.2. The summed E-state index contributed by atoms with van der Waals surface area (Å²) >= 11 is 6.09. The minimum absolute atomic E-state index is 0.110. The van der Waals surface area contributed by atoms with E-state index >= 15 is 0 Å². The fourth-order valence-corrected chi connectivity index (χ4v) is 3.49. The first kappa shape index (κ1) is 21.8. The van der Waals surface area contributed by atoms with E-state index in [9.17, 15) is 9.18 Å². The first-order chi connectivity index (χ1) is 14.5. The van der Waals surface area contributed by atoms with Gasteiger partial charge in [-0.2, -0.15) is 0 Å². The number of hydrogen-bond acceptors (Lipinski definition) is 4. The number of halogens is 2. The monoisotopic (exact) mass is 432 g/mol. The van der Waals surface area contributed by atoms with Gasteiger partial charge in [-0.25, -0.2) is 9.37 Å². The molecule has 0 aliphatic carbocycles. The van der Waals surface area contributed by atoms with Crippen LogP contribution in [-0.2, 0) is 4.79 Å². The molecule has 1 atom stereocenters. The molecular formula is C21H26ClFN6O. The van der Waals surface area contributed by atoms with E-state index in [4.69, 9.17) is 11.6 Å². The topological polar surface area (TPSA) is 81.6 Å². The summed E-state index contributed by atoms with van der Waals surface area (Å²) in [7, 11) is 1.68. The number of nitrogens with zero attached hydrogens (tertiary/aromatic N) is 3. The zero-order chi connectivity index (χ0) is 21.5. The van der Waals surface area contributed by atoms with Gasteiger partial charge in [-0.3, -0.25) is 9.79 Å². The molecule has 9 heteroatoms. The molecule has 1 fully saturated rings. The Kier molecular flexibility index (Phi) is 7.46. The summed E-state index contributed by atoms with van der Waals surface area (Å²) in [5, 5.41) is 9.96. The van der Waals surface area contributed by atoms with Crippen LogP contribution in [-0.4, -0.2) is 49.6 Å². The van der Waals surface area contributed by atoms with Gasteiger partial charge in [-0.15, -0.1) is 0 Å². The molecule has 0 bridgehead atoms. The second-order valence-corrected chi connectivity index (χ2v) is 7.50. The maximum atomic E-state index is 13.9. The van der Waals surface area contributed by atoms with E-state index in [0.29, 0.717) is 42.1 Å². The Morgan fingerprint density at radius 3 is 2.97 bits per heavy atom. The van der Waals surface area contributed by atoms with Crippen LogP contribution in [0.5, 0.6) is 0 Å². The highest BCUT2D eigenvalue weighted by Crippen LogP contribution is 2.23. The third kappa shape index (κ3) is 5.60. The van der Waals surface area contributed by atoms with Crippen molar-refractivity contribution in [3.8, 4) is 0 Å². The summed E-state index contributed by atoms with van der Waals surface area (Å²) in [6.07, 6.45) is 2.71. The van der Waals surface area contributed by atoms with Crippen LogP contribution < -0.4 is 20.9 Å². The summed E-state index contributed by atoms with van der Waals surface area (Å²) < 4.78 is 13.9. The van der Waals surface area contributed by atoms with Gasteiger partial charge in [0.05, 0.1) is 0 Å². The third-order valence-electron chi connectivity index (χ3n) is 4.98. The van der Waals surface area contributed by atoms with Crippen LogP contribution in [0, 0.1) is 12.7 Å². The van der Waals surface area contributed by atoms with Crippen molar-refractivity contribution in [1.29, 1.82) is 0 Å². The zero-order valence-electron chi connectivity index (χ0n) is 17.1. The van der Waals surface area contributed by atoms with Crippen molar-refractivity contribution in [2.75, 3.05) is 36.9 Å². The minimum Gasteiger partial charge on any atom is -0.356 e. The van der Waals surface area contributed by atoms with Crippen molar-refractivity contribution in [3.63, 3.8) is 0 Å². The van der Waals surface area contributed by atoms with E-state index in [2.05, 4.69) is 25.9 Å². The van der Waals surface area contributed by atoms with Crippen LogP contribution in [0.1, 0.15) is 18.4 Å². The molecule has 7 nitrogen and oxygen atoms in total. The molecule has 1 aromatic heterocycles. The molecule has 1 amide bonds. The van der Waals surface area contributed by atoms with E-state index in [0.717, 1.165) is 12.0 Å². The van der Waals surface area contributed by atoms with Crippen molar-refractivity contribution < 1.29 is 9.18 Å². The Labute approximate surface area is 180 Å². The average molecular weight is 433 g/mol. The number of amides is 1. The van der Waals surface area contributed by atoms with Crippen LogP contribution in [0.2, 0.25) is 5.02 Å². The van der Waals surface area contributed by atoms with Crippen LogP contribution >= 0.6 is 11.6 Å². The highest BCUT2D eigenvalue weighted by molar-refractivity contribution is 6.31. The molecule has 2 aromatic rings. The summed E-state index contributed by atoms with van der Waals surface area (Å²) in [6.45, 7) is 3.63. The Balaban J connectivity index is 1.43. The number of aliphatic imine (C=N–C) groups is 1. The molecule has 30 heavy (non-hydrogen) atoms. The quantitative estimate of drug-likeness (QED) is 0.483. The van der Waals surface area contributed by atoms with Gasteiger partial charge < -0.3 is 20.9 Å². The zero-order valence-corrected chi connectivity index (χ0v) is 17.8. The van der Waals surface area contributed by atoms with Crippen molar-refractivity contribution in [1.82, 2.24) is 15.6 Å². The summed E-state index contributed by atoms with van der Waals surface area (Å²) in [4.78, 5) is 22.5. The Morgan fingerprint density at radius 1 is 1.37 bits per heavy atom. The maximum Gasteiger partial charge on any atom is 0.226 e. The van der Waals surface area contributed by atoms with Crippen LogP contribution in [0.4, 0.5) is 15.9 Å². The van der Waals surface area contributed by atoms with Gasteiger partial charge in [0.25, 0.3) is 0 Å². The lowest BCUT2D eigenvalue weighted by atomic mass is 10.2. The molecule has 1 aliphatic heterocycles. The van der Waals surface area contributed by atoms with Crippen molar-refractivity contribution in [2.45, 2.75) is 25.8 Å². The molecule has 2 heterocycles. The molecule has 1 aliphatic rings. The highest BCUT2D eigenvalue weighted by Gasteiger charge is 2.25. The number of aromatic nitrogens is 1. The summed E-state index contributed by atoms with van der Waals surface area (Å²) in [5.41, 5.74) is 1.55. The van der Waals surface area contributed by atoms with E-state index in [-0.39, 0.29) is 24.2 Å². The van der Waals surface area contributed by atoms with Gasteiger partial charge >= 0.3 is 0 Å². The Hall–Kier alpha value is -2.87. The number of rotatable bonds is 6. The van der Waals surface area contributed by atoms with Crippen LogP contribution in [0.25, 0.3) is 0 Å². The number of anilines is 2. The van der Waals surface area contributed by atoms with Crippen LogP contribution in [0.3, 0.4) is 0 Å². The highest BCUT2D eigenvalue weighted by atomic mass is 35.5. The van der Waals surface area contributed by atoms with E-state index in [1.165, 1.54) is 6.07 Å². The first-order valence-electron chi connectivity index (χ1n) is 9.85. The van der Waals surface area contributed by atoms with Crippen molar-refractivity contribution >= 4 is 35.0 Å². The minimum atomic E-state index is -0.318. The van der Waals surface area contributed by atoms with Gasteiger partial charge in [-0.1, -0.05) is 17.7 Å². The second kappa shape index (κ2) is 10.2. The normalized spacial score (nSPS) is 16.5. The maximum absolute atomic E-state index is 13.9. The molecule has 1 aromatic carbocycles. The van der Waals surface area contributed by atoms with Gasteiger partial charge in [0.2, 0.25) is 5.91 Å². The largest absolute Gasteiger partial charge is 0.356 e. The summed E-state index contributed by atoms with van der Waals surface area (Å²) in [6, 6.07) is 8.52. The van der Waals surface area contributed by atoms with Gasteiger partial charge in [0.1, 0.15) is 0 Å².